The number of phosphoric acid groups is 1. The quantitative estimate of drug-likeness (QED) is 0.479. The van der Waals surface area contributed by atoms with E-state index in [2.05, 4.69) is 0 Å². The van der Waals surface area contributed by atoms with Crippen molar-refractivity contribution in [2.24, 2.45) is 0 Å². The van der Waals surface area contributed by atoms with Crippen molar-refractivity contribution < 1.29 is 27.7 Å². The topological polar surface area (TPSA) is 71.1 Å². The van der Waals surface area contributed by atoms with E-state index in [1.54, 1.807) is 41.5 Å². The van der Waals surface area contributed by atoms with Crippen LogP contribution in [-0.2, 0) is 34.3 Å². The minimum absolute atomic E-state index is 0.0438. The Labute approximate surface area is 150 Å². The van der Waals surface area contributed by atoms with Gasteiger partial charge in [-0.25, -0.2) is 4.57 Å². The van der Waals surface area contributed by atoms with Gasteiger partial charge in [-0.2, -0.15) is 0 Å². The average molecular weight is 372 g/mol. The van der Waals surface area contributed by atoms with E-state index in [-0.39, 0.29) is 19.6 Å². The first kappa shape index (κ1) is 21.8. The van der Waals surface area contributed by atoms with Crippen LogP contribution in [0.2, 0.25) is 0 Å². The first-order valence-corrected chi connectivity index (χ1v) is 9.70. The maximum atomic E-state index is 12.8. The van der Waals surface area contributed by atoms with Gasteiger partial charge in [0.2, 0.25) is 0 Å². The summed E-state index contributed by atoms with van der Waals surface area (Å²) in [4.78, 5) is 11.8. The van der Waals surface area contributed by atoms with Crippen LogP contribution in [0.5, 0.6) is 0 Å². The van der Waals surface area contributed by atoms with Crippen LogP contribution in [0.3, 0.4) is 0 Å². The summed E-state index contributed by atoms with van der Waals surface area (Å²) < 4.78 is 34.2. The molecule has 25 heavy (non-hydrogen) atoms. The molecule has 7 heteroatoms. The molecule has 0 aliphatic rings. The SMILES string of the molecule is CC(C)(C)OP(=O)(OCCC(=O)OCc1ccccc1)OC(C)(C)C. The van der Waals surface area contributed by atoms with Gasteiger partial charge >= 0.3 is 13.8 Å². The van der Waals surface area contributed by atoms with Crippen molar-refractivity contribution in [3.05, 3.63) is 35.9 Å². The van der Waals surface area contributed by atoms with Gasteiger partial charge in [-0.05, 0) is 47.1 Å². The Balaban J connectivity index is 2.50. The molecule has 0 saturated carbocycles. The van der Waals surface area contributed by atoms with Gasteiger partial charge in [-0.3, -0.25) is 18.4 Å². The number of phosphoric ester groups is 1. The number of carbonyl (C=O) groups is 1. The number of hydrogen-bond acceptors (Lipinski definition) is 6. The van der Waals surface area contributed by atoms with Crippen LogP contribution < -0.4 is 0 Å². The molecule has 6 nitrogen and oxygen atoms in total. The van der Waals surface area contributed by atoms with E-state index >= 15 is 0 Å². The lowest BCUT2D eigenvalue weighted by atomic mass is 10.2. The molecule has 0 bridgehead atoms. The number of carbonyl (C=O) groups excluding carboxylic acids is 1. The summed E-state index contributed by atoms with van der Waals surface area (Å²) in [7, 11) is -3.80. The monoisotopic (exact) mass is 372 g/mol. The van der Waals surface area contributed by atoms with Gasteiger partial charge in [0.05, 0.1) is 24.2 Å². The third-order valence-electron chi connectivity index (χ3n) is 2.57. The summed E-state index contributed by atoms with van der Waals surface area (Å²) >= 11 is 0. The highest BCUT2D eigenvalue weighted by Gasteiger charge is 2.37. The van der Waals surface area contributed by atoms with Crippen LogP contribution >= 0.6 is 7.82 Å². The molecule has 0 radical (unpaired) electrons. The van der Waals surface area contributed by atoms with Gasteiger partial charge in [0.25, 0.3) is 0 Å². The molecule has 0 aliphatic heterocycles. The Hall–Kier alpha value is -1.20. The Kier molecular flexibility index (Phi) is 7.82. The third kappa shape index (κ3) is 10.4. The highest BCUT2D eigenvalue weighted by atomic mass is 31.2. The molecular formula is C18H29O6P. The third-order valence-corrected chi connectivity index (χ3v) is 4.61. The lowest BCUT2D eigenvalue weighted by Crippen LogP contribution is -2.25. The molecule has 142 valence electrons. The number of benzene rings is 1. The molecule has 1 aromatic carbocycles. The van der Waals surface area contributed by atoms with E-state index in [4.69, 9.17) is 18.3 Å². The van der Waals surface area contributed by atoms with Crippen LogP contribution in [0.4, 0.5) is 0 Å². The molecule has 0 heterocycles. The summed E-state index contributed by atoms with van der Waals surface area (Å²) in [5, 5.41) is 0. The molecule has 1 aromatic rings. The number of rotatable bonds is 8. The van der Waals surface area contributed by atoms with Crippen LogP contribution in [0.15, 0.2) is 30.3 Å². The number of esters is 1. The van der Waals surface area contributed by atoms with Gasteiger partial charge < -0.3 is 4.74 Å². The van der Waals surface area contributed by atoms with Gasteiger partial charge in [0, 0.05) is 0 Å². The van der Waals surface area contributed by atoms with Crippen molar-refractivity contribution in [1.82, 2.24) is 0 Å². The van der Waals surface area contributed by atoms with Crippen molar-refractivity contribution in [3.63, 3.8) is 0 Å². The van der Waals surface area contributed by atoms with Crippen LogP contribution in [0.1, 0.15) is 53.5 Å². The van der Waals surface area contributed by atoms with Gasteiger partial charge in [-0.15, -0.1) is 0 Å². The zero-order chi connectivity index (χ0) is 19.1. The minimum atomic E-state index is -3.80. The fraction of sp³-hybridized carbons (Fsp3) is 0.611. The van der Waals surface area contributed by atoms with Gasteiger partial charge in [0.15, 0.2) is 0 Å². The first-order chi connectivity index (χ1) is 11.4. The summed E-state index contributed by atoms with van der Waals surface area (Å²) in [5.74, 6) is -0.443. The molecule has 0 unspecified atom stereocenters. The normalized spacial score (nSPS) is 12.9. The highest BCUT2D eigenvalue weighted by Crippen LogP contribution is 2.55. The van der Waals surface area contributed by atoms with E-state index in [0.717, 1.165) is 5.56 Å². The Morgan fingerprint density at radius 3 is 1.96 bits per heavy atom. The molecule has 0 aromatic heterocycles. The maximum Gasteiger partial charge on any atom is 0.475 e. The predicted molar refractivity (Wildman–Crippen MR) is 96.1 cm³/mol. The maximum absolute atomic E-state index is 12.8. The Morgan fingerprint density at radius 2 is 1.48 bits per heavy atom. The van der Waals surface area contributed by atoms with Crippen molar-refractivity contribution >= 4 is 13.8 Å². The molecule has 0 atom stereocenters. The average Bonchev–Trinajstić information content (AvgIpc) is 2.42. The molecule has 1 rings (SSSR count). The second-order valence-electron chi connectivity index (χ2n) is 7.58. The van der Waals surface area contributed by atoms with E-state index < -0.39 is 25.0 Å². The fourth-order valence-corrected chi connectivity index (χ4v) is 3.59. The van der Waals surface area contributed by atoms with Crippen molar-refractivity contribution in [2.75, 3.05) is 6.61 Å². The Bertz CT molecular complexity index is 566. The summed E-state index contributed by atoms with van der Waals surface area (Å²) in [6.45, 7) is 10.6. The first-order valence-electron chi connectivity index (χ1n) is 8.24. The van der Waals surface area contributed by atoms with Crippen molar-refractivity contribution in [1.29, 1.82) is 0 Å². The van der Waals surface area contributed by atoms with E-state index in [0.29, 0.717) is 0 Å². The van der Waals surface area contributed by atoms with Crippen LogP contribution in [-0.4, -0.2) is 23.8 Å². The molecular weight excluding hydrogens is 343 g/mol. The number of hydrogen-bond donors (Lipinski definition) is 0. The summed E-state index contributed by atoms with van der Waals surface area (Å²) in [6, 6.07) is 9.37. The smallest absolute Gasteiger partial charge is 0.461 e. The van der Waals surface area contributed by atoms with Gasteiger partial charge in [-0.1, -0.05) is 30.3 Å². The van der Waals surface area contributed by atoms with E-state index in [9.17, 15) is 9.36 Å². The minimum Gasteiger partial charge on any atom is -0.461 e. The Morgan fingerprint density at radius 1 is 0.960 bits per heavy atom. The largest absolute Gasteiger partial charge is 0.475 e. The summed E-state index contributed by atoms with van der Waals surface area (Å²) in [5.41, 5.74) is -0.530. The zero-order valence-corrected chi connectivity index (χ0v) is 16.8. The van der Waals surface area contributed by atoms with E-state index in [1.165, 1.54) is 0 Å². The highest BCUT2D eigenvalue weighted by molar-refractivity contribution is 7.48. The fourth-order valence-electron chi connectivity index (χ4n) is 1.79. The van der Waals surface area contributed by atoms with Crippen LogP contribution in [0.25, 0.3) is 0 Å². The standard InChI is InChI=1S/C18H29O6P/c1-17(2,3)23-25(20,24-18(4,5)6)22-13-12-16(19)21-14-15-10-8-7-9-11-15/h7-11H,12-14H2,1-6H3. The summed E-state index contributed by atoms with van der Waals surface area (Å²) in [6.07, 6.45) is -0.0438. The molecule has 0 aliphatic carbocycles. The van der Waals surface area contributed by atoms with Crippen LogP contribution in [0, 0.1) is 0 Å². The molecule has 0 fully saturated rings. The van der Waals surface area contributed by atoms with Gasteiger partial charge in [0.1, 0.15) is 6.61 Å². The lowest BCUT2D eigenvalue weighted by molar-refractivity contribution is -0.145. The van der Waals surface area contributed by atoms with Crippen molar-refractivity contribution in [2.45, 2.75) is 65.8 Å². The predicted octanol–water partition coefficient (Wildman–Crippen LogP) is 4.87. The van der Waals surface area contributed by atoms with Crippen molar-refractivity contribution in [3.8, 4) is 0 Å². The molecule has 0 N–H and O–H groups in total. The van der Waals surface area contributed by atoms with E-state index in [1.807, 2.05) is 30.3 Å². The molecule has 0 spiro atoms. The molecule has 0 amide bonds. The molecule has 0 saturated heterocycles. The number of ether oxygens (including phenoxy) is 1. The zero-order valence-electron chi connectivity index (χ0n) is 15.9. The second-order valence-corrected chi connectivity index (χ2v) is 9.10. The second kappa shape index (κ2) is 8.95. The lowest BCUT2D eigenvalue weighted by Gasteiger charge is -2.30.